The normalized spacial score (nSPS) is 10.2. The number of pyridine rings is 1. The Balaban J connectivity index is 1.85. The highest BCUT2D eigenvalue weighted by Crippen LogP contribution is 2.26. The standard InChI is InChI=1S/C22H17NO2/c1-15(19-10-12-23-13-11-19)17-6-8-18(9-7-17)16(2)20-4-3-5-21(14-20)22(24)25/h3-14H,1-2H2,(H,24,25). The average Bonchev–Trinajstić information content (AvgIpc) is 2.67. The molecule has 3 rings (SSSR count). The molecular weight excluding hydrogens is 310 g/mol. The lowest BCUT2D eigenvalue weighted by molar-refractivity contribution is 0.0697. The zero-order valence-corrected chi connectivity index (χ0v) is 13.6. The summed E-state index contributed by atoms with van der Waals surface area (Å²) in [5, 5.41) is 9.12. The number of hydrogen-bond acceptors (Lipinski definition) is 2. The van der Waals surface area contributed by atoms with E-state index < -0.39 is 5.97 Å². The summed E-state index contributed by atoms with van der Waals surface area (Å²) in [6.45, 7) is 8.25. The van der Waals surface area contributed by atoms with Crippen molar-refractivity contribution in [2.45, 2.75) is 0 Å². The van der Waals surface area contributed by atoms with E-state index in [2.05, 4.69) is 18.1 Å². The van der Waals surface area contributed by atoms with Crippen LogP contribution in [-0.2, 0) is 0 Å². The van der Waals surface area contributed by atoms with Crippen LogP contribution in [0.1, 0.15) is 32.6 Å². The minimum absolute atomic E-state index is 0.251. The van der Waals surface area contributed by atoms with Crippen molar-refractivity contribution in [1.82, 2.24) is 4.98 Å². The maximum Gasteiger partial charge on any atom is 0.335 e. The van der Waals surface area contributed by atoms with E-state index in [0.717, 1.165) is 33.4 Å². The number of aromatic nitrogens is 1. The van der Waals surface area contributed by atoms with Crippen molar-refractivity contribution in [1.29, 1.82) is 0 Å². The summed E-state index contributed by atoms with van der Waals surface area (Å²) in [4.78, 5) is 15.1. The monoisotopic (exact) mass is 327 g/mol. The average molecular weight is 327 g/mol. The van der Waals surface area contributed by atoms with Crippen molar-refractivity contribution >= 4 is 17.1 Å². The first kappa shape index (κ1) is 16.4. The predicted octanol–water partition coefficient (Wildman–Crippen LogP) is 4.90. The van der Waals surface area contributed by atoms with E-state index in [1.54, 1.807) is 30.6 Å². The molecule has 0 fully saturated rings. The van der Waals surface area contributed by atoms with Gasteiger partial charge in [0.15, 0.2) is 0 Å². The molecule has 1 heterocycles. The van der Waals surface area contributed by atoms with E-state index in [1.807, 2.05) is 42.5 Å². The lowest BCUT2D eigenvalue weighted by Crippen LogP contribution is -1.97. The summed E-state index contributed by atoms with van der Waals surface area (Å²) in [5.41, 5.74) is 5.73. The quantitative estimate of drug-likeness (QED) is 0.725. The molecule has 0 amide bonds. The molecule has 1 aromatic heterocycles. The fourth-order valence-corrected chi connectivity index (χ4v) is 2.60. The van der Waals surface area contributed by atoms with Gasteiger partial charge in [0.05, 0.1) is 5.56 Å². The minimum Gasteiger partial charge on any atom is -0.478 e. The molecule has 3 nitrogen and oxygen atoms in total. The Morgan fingerprint density at radius 2 is 1.20 bits per heavy atom. The number of carboxylic acid groups (broad SMARTS) is 1. The van der Waals surface area contributed by atoms with Gasteiger partial charge in [-0.3, -0.25) is 4.98 Å². The van der Waals surface area contributed by atoms with E-state index in [1.165, 1.54) is 0 Å². The Hall–Kier alpha value is -3.46. The second-order valence-corrected chi connectivity index (χ2v) is 5.66. The molecule has 0 saturated heterocycles. The minimum atomic E-state index is -0.946. The molecule has 122 valence electrons. The van der Waals surface area contributed by atoms with Crippen LogP contribution in [-0.4, -0.2) is 16.1 Å². The van der Waals surface area contributed by atoms with Gasteiger partial charge in [-0.15, -0.1) is 0 Å². The van der Waals surface area contributed by atoms with Crippen LogP contribution in [0, 0.1) is 0 Å². The van der Waals surface area contributed by atoms with Crippen LogP contribution in [0.3, 0.4) is 0 Å². The van der Waals surface area contributed by atoms with Crippen LogP contribution in [0.15, 0.2) is 86.2 Å². The second kappa shape index (κ2) is 6.97. The SMILES string of the molecule is C=C(c1ccncc1)c1ccc(C(=C)c2cccc(C(=O)O)c2)cc1. The highest BCUT2D eigenvalue weighted by Gasteiger charge is 2.08. The third-order valence-electron chi connectivity index (χ3n) is 4.07. The summed E-state index contributed by atoms with van der Waals surface area (Å²) in [5.74, 6) is -0.946. The fraction of sp³-hybridized carbons (Fsp3) is 0. The van der Waals surface area contributed by atoms with Crippen LogP contribution in [0.5, 0.6) is 0 Å². The molecule has 0 aliphatic rings. The molecule has 0 saturated carbocycles. The Bertz CT molecular complexity index is 941. The third kappa shape index (κ3) is 3.56. The van der Waals surface area contributed by atoms with Gasteiger partial charge in [0.1, 0.15) is 0 Å². The van der Waals surface area contributed by atoms with Gasteiger partial charge in [0, 0.05) is 12.4 Å². The molecule has 0 bridgehead atoms. The summed E-state index contributed by atoms with van der Waals surface area (Å²) < 4.78 is 0. The second-order valence-electron chi connectivity index (χ2n) is 5.66. The van der Waals surface area contributed by atoms with E-state index in [4.69, 9.17) is 5.11 Å². The summed E-state index contributed by atoms with van der Waals surface area (Å²) >= 11 is 0. The van der Waals surface area contributed by atoms with Gasteiger partial charge in [-0.2, -0.15) is 0 Å². The number of hydrogen-bond donors (Lipinski definition) is 1. The van der Waals surface area contributed by atoms with Crippen LogP contribution < -0.4 is 0 Å². The largest absolute Gasteiger partial charge is 0.478 e. The van der Waals surface area contributed by atoms with E-state index in [-0.39, 0.29) is 5.56 Å². The molecule has 1 N–H and O–H groups in total. The molecular formula is C22H17NO2. The number of carboxylic acids is 1. The lowest BCUT2D eigenvalue weighted by Gasteiger charge is -2.10. The number of benzene rings is 2. The first-order chi connectivity index (χ1) is 12.1. The first-order valence-electron chi connectivity index (χ1n) is 7.79. The van der Waals surface area contributed by atoms with Gasteiger partial charge in [0.25, 0.3) is 0 Å². The van der Waals surface area contributed by atoms with E-state index in [0.29, 0.717) is 0 Å². The molecule has 0 aliphatic carbocycles. The Morgan fingerprint density at radius 3 is 1.76 bits per heavy atom. The predicted molar refractivity (Wildman–Crippen MR) is 100 cm³/mol. The number of aromatic carboxylic acids is 1. The van der Waals surface area contributed by atoms with Crippen LogP contribution in [0.4, 0.5) is 0 Å². The number of carbonyl (C=O) groups is 1. The molecule has 0 atom stereocenters. The first-order valence-corrected chi connectivity index (χ1v) is 7.79. The maximum absolute atomic E-state index is 11.1. The van der Waals surface area contributed by atoms with Crippen molar-refractivity contribution in [2.24, 2.45) is 0 Å². The zero-order chi connectivity index (χ0) is 17.8. The van der Waals surface area contributed by atoms with Crippen molar-refractivity contribution in [3.63, 3.8) is 0 Å². The molecule has 2 aromatic carbocycles. The summed E-state index contributed by atoms with van der Waals surface area (Å²) in [6.07, 6.45) is 3.48. The Morgan fingerprint density at radius 1 is 0.720 bits per heavy atom. The summed E-state index contributed by atoms with van der Waals surface area (Å²) in [7, 11) is 0. The molecule has 25 heavy (non-hydrogen) atoms. The molecule has 0 spiro atoms. The third-order valence-corrected chi connectivity index (χ3v) is 4.07. The molecule has 3 aromatic rings. The smallest absolute Gasteiger partial charge is 0.335 e. The molecule has 0 aliphatic heterocycles. The van der Waals surface area contributed by atoms with Crippen molar-refractivity contribution in [2.75, 3.05) is 0 Å². The van der Waals surface area contributed by atoms with E-state index >= 15 is 0 Å². The number of nitrogens with zero attached hydrogens (tertiary/aromatic N) is 1. The van der Waals surface area contributed by atoms with Gasteiger partial charge in [-0.05, 0) is 57.7 Å². The zero-order valence-electron chi connectivity index (χ0n) is 13.6. The number of rotatable bonds is 5. The highest BCUT2D eigenvalue weighted by molar-refractivity contribution is 5.90. The van der Waals surface area contributed by atoms with Gasteiger partial charge in [0.2, 0.25) is 0 Å². The Labute approximate surface area is 146 Å². The van der Waals surface area contributed by atoms with Crippen molar-refractivity contribution in [3.8, 4) is 0 Å². The van der Waals surface area contributed by atoms with Gasteiger partial charge in [-0.1, -0.05) is 49.6 Å². The van der Waals surface area contributed by atoms with Crippen LogP contribution in [0.25, 0.3) is 11.1 Å². The van der Waals surface area contributed by atoms with Gasteiger partial charge >= 0.3 is 5.97 Å². The van der Waals surface area contributed by atoms with Crippen molar-refractivity contribution in [3.05, 3.63) is 114 Å². The van der Waals surface area contributed by atoms with Gasteiger partial charge < -0.3 is 5.11 Å². The lowest BCUT2D eigenvalue weighted by atomic mass is 9.94. The maximum atomic E-state index is 11.1. The summed E-state index contributed by atoms with van der Waals surface area (Å²) in [6, 6.07) is 18.6. The highest BCUT2D eigenvalue weighted by atomic mass is 16.4. The topological polar surface area (TPSA) is 50.2 Å². The fourth-order valence-electron chi connectivity index (χ4n) is 2.60. The van der Waals surface area contributed by atoms with Crippen LogP contribution >= 0.6 is 0 Å². The van der Waals surface area contributed by atoms with E-state index in [9.17, 15) is 4.79 Å². The molecule has 3 heteroatoms. The van der Waals surface area contributed by atoms with Gasteiger partial charge in [-0.25, -0.2) is 4.79 Å². The van der Waals surface area contributed by atoms with Crippen molar-refractivity contribution < 1.29 is 9.90 Å². The Kier molecular flexibility index (Phi) is 4.57. The molecule has 0 radical (unpaired) electrons. The molecule has 0 unspecified atom stereocenters. The van der Waals surface area contributed by atoms with Crippen LogP contribution in [0.2, 0.25) is 0 Å².